The maximum Gasteiger partial charge on any atom is 0.345 e. The Morgan fingerprint density at radius 3 is 1.79 bits per heavy atom. The molecule has 170 valence electrons. The van der Waals surface area contributed by atoms with Crippen molar-refractivity contribution in [1.29, 1.82) is 0 Å². The standard InChI is InChI=1S/C24H46N2O3/c1-2-3-4-5-6-7-8-9-10-11-12-13-14-15-16-17-23-25(20-21-27)18-19-26(23)22-24(28)29/h27H,2-22H2,1H3/p+1. The quantitative estimate of drug-likeness (QED) is 0.217. The lowest BCUT2D eigenvalue weighted by Gasteiger charge is -2.12. The summed E-state index contributed by atoms with van der Waals surface area (Å²) in [6.07, 6.45) is 21.3. The third kappa shape index (κ3) is 12.9. The van der Waals surface area contributed by atoms with E-state index in [4.69, 9.17) is 5.11 Å². The number of nitrogens with zero attached hydrogens (tertiary/aromatic N) is 2. The third-order valence-corrected chi connectivity index (χ3v) is 6.07. The fourth-order valence-corrected chi connectivity index (χ4v) is 4.37. The molecule has 29 heavy (non-hydrogen) atoms. The molecule has 2 N–H and O–H groups in total. The number of carboxylic acid groups (broad SMARTS) is 1. The second kappa shape index (κ2) is 17.7. The monoisotopic (exact) mass is 411 g/mol. The molecule has 0 aliphatic carbocycles. The molecule has 1 heterocycles. The number of carboxylic acids is 1. The maximum atomic E-state index is 11.1. The van der Waals surface area contributed by atoms with Gasteiger partial charge in [-0.25, -0.2) is 4.79 Å². The van der Waals surface area contributed by atoms with Gasteiger partial charge in [0.25, 0.3) is 0 Å². The lowest BCUT2D eigenvalue weighted by atomic mass is 10.0. The van der Waals surface area contributed by atoms with E-state index in [1.165, 1.54) is 89.9 Å². The first-order chi connectivity index (χ1) is 14.2. The Kier molecular flexibility index (Phi) is 15.9. The van der Waals surface area contributed by atoms with Crippen molar-refractivity contribution in [2.24, 2.45) is 0 Å². The summed E-state index contributed by atoms with van der Waals surface area (Å²) in [6, 6.07) is 0. The van der Waals surface area contributed by atoms with Gasteiger partial charge in [-0.2, -0.15) is 0 Å². The minimum atomic E-state index is -0.773. The SMILES string of the molecule is CCCCCCCCCCCCCCCCCC1=[N+](CC(=O)O)CCN1CCO. The van der Waals surface area contributed by atoms with E-state index in [1.807, 2.05) is 4.58 Å². The second-order valence-corrected chi connectivity index (χ2v) is 8.64. The van der Waals surface area contributed by atoms with E-state index in [-0.39, 0.29) is 13.2 Å². The van der Waals surface area contributed by atoms with Crippen LogP contribution in [-0.2, 0) is 4.79 Å². The predicted molar refractivity (Wildman–Crippen MR) is 121 cm³/mol. The van der Waals surface area contributed by atoms with E-state index in [2.05, 4.69) is 11.8 Å². The van der Waals surface area contributed by atoms with Gasteiger partial charge in [0.1, 0.15) is 19.6 Å². The van der Waals surface area contributed by atoms with Gasteiger partial charge < -0.3 is 10.2 Å². The molecule has 0 saturated carbocycles. The number of β-amino-alcohol motifs (C(OH)–C–C–N with tert-alkyl or cyclic N) is 1. The number of hydrogen-bond acceptors (Lipinski definition) is 3. The molecular weight excluding hydrogens is 364 g/mol. The van der Waals surface area contributed by atoms with Crippen molar-refractivity contribution in [3.05, 3.63) is 0 Å². The van der Waals surface area contributed by atoms with Crippen LogP contribution < -0.4 is 0 Å². The summed E-state index contributed by atoms with van der Waals surface area (Å²) in [7, 11) is 0. The van der Waals surface area contributed by atoms with Gasteiger partial charge in [0.2, 0.25) is 5.84 Å². The molecule has 1 aliphatic rings. The molecule has 0 atom stereocenters. The first kappa shape index (κ1) is 25.9. The zero-order chi connectivity index (χ0) is 21.2. The predicted octanol–water partition coefficient (Wildman–Crippen LogP) is 5.05. The lowest BCUT2D eigenvalue weighted by molar-refractivity contribution is -0.509. The Hall–Kier alpha value is -1.10. The first-order valence-corrected chi connectivity index (χ1v) is 12.4. The molecule has 0 aromatic carbocycles. The first-order valence-electron chi connectivity index (χ1n) is 12.4. The molecule has 0 fully saturated rings. The molecule has 5 heteroatoms. The van der Waals surface area contributed by atoms with Crippen LogP contribution in [0.5, 0.6) is 0 Å². The van der Waals surface area contributed by atoms with Crippen molar-refractivity contribution in [2.75, 3.05) is 32.8 Å². The number of amidine groups is 1. The van der Waals surface area contributed by atoms with Crippen LogP contribution in [0.25, 0.3) is 0 Å². The number of rotatable bonds is 20. The average Bonchev–Trinajstić information content (AvgIpc) is 3.06. The van der Waals surface area contributed by atoms with Gasteiger partial charge in [0, 0.05) is 6.42 Å². The lowest BCUT2D eigenvalue weighted by Crippen LogP contribution is -2.33. The molecule has 0 radical (unpaired) electrons. The van der Waals surface area contributed by atoms with Crippen LogP contribution in [0.1, 0.15) is 110 Å². The smallest absolute Gasteiger partial charge is 0.345 e. The average molecular weight is 412 g/mol. The molecular formula is C24H47N2O3+. The highest BCUT2D eigenvalue weighted by atomic mass is 16.4. The summed E-state index contributed by atoms with van der Waals surface area (Å²) in [4.78, 5) is 13.2. The Bertz CT molecular complexity index is 451. The molecule has 5 nitrogen and oxygen atoms in total. The van der Waals surface area contributed by atoms with Crippen molar-refractivity contribution in [2.45, 2.75) is 110 Å². The number of hydrogen-bond donors (Lipinski definition) is 2. The van der Waals surface area contributed by atoms with Gasteiger partial charge in [-0.15, -0.1) is 0 Å². The van der Waals surface area contributed by atoms with Crippen molar-refractivity contribution in [3.8, 4) is 0 Å². The number of aliphatic hydroxyl groups is 1. The van der Waals surface area contributed by atoms with Gasteiger partial charge in [-0.3, -0.25) is 9.48 Å². The molecule has 0 aromatic heterocycles. The fraction of sp³-hybridized carbons (Fsp3) is 0.917. The van der Waals surface area contributed by atoms with Gasteiger partial charge in [0.05, 0.1) is 6.61 Å². The molecule has 0 aromatic rings. The topological polar surface area (TPSA) is 63.8 Å². The number of aliphatic hydroxyl groups excluding tert-OH is 1. The molecule has 1 aliphatic heterocycles. The zero-order valence-corrected chi connectivity index (χ0v) is 19.0. The number of carbonyl (C=O) groups is 1. The van der Waals surface area contributed by atoms with Gasteiger partial charge in [-0.1, -0.05) is 96.8 Å². The molecule has 1 rings (SSSR count). The van der Waals surface area contributed by atoms with Gasteiger partial charge in [-0.05, 0) is 6.42 Å². The summed E-state index contributed by atoms with van der Waals surface area (Å²) in [5.74, 6) is 0.348. The van der Waals surface area contributed by atoms with Crippen molar-refractivity contribution in [1.82, 2.24) is 4.90 Å². The van der Waals surface area contributed by atoms with Crippen LogP contribution in [-0.4, -0.2) is 64.3 Å². The Morgan fingerprint density at radius 1 is 0.862 bits per heavy atom. The zero-order valence-electron chi connectivity index (χ0n) is 19.0. The number of aliphatic carboxylic acids is 1. The molecule has 0 bridgehead atoms. The summed E-state index contributed by atoms with van der Waals surface area (Å²) in [6.45, 7) is 4.70. The minimum Gasteiger partial charge on any atom is -0.478 e. The van der Waals surface area contributed by atoms with Gasteiger partial charge in [0.15, 0.2) is 6.54 Å². The summed E-state index contributed by atoms with van der Waals surface area (Å²) in [5, 5.41) is 18.3. The van der Waals surface area contributed by atoms with E-state index in [9.17, 15) is 9.90 Å². The Balaban J connectivity index is 1.99. The maximum absolute atomic E-state index is 11.1. The Morgan fingerprint density at radius 2 is 1.34 bits per heavy atom. The molecule has 0 unspecified atom stereocenters. The van der Waals surface area contributed by atoms with Crippen molar-refractivity contribution in [3.63, 3.8) is 0 Å². The minimum absolute atomic E-state index is 0.0794. The summed E-state index contributed by atoms with van der Waals surface area (Å²) in [5.41, 5.74) is 0. The highest BCUT2D eigenvalue weighted by Gasteiger charge is 2.30. The van der Waals surface area contributed by atoms with Crippen LogP contribution in [0.3, 0.4) is 0 Å². The van der Waals surface area contributed by atoms with E-state index in [0.29, 0.717) is 6.54 Å². The molecule has 0 spiro atoms. The highest BCUT2D eigenvalue weighted by molar-refractivity contribution is 5.79. The highest BCUT2D eigenvalue weighted by Crippen LogP contribution is 2.15. The van der Waals surface area contributed by atoms with E-state index >= 15 is 0 Å². The van der Waals surface area contributed by atoms with Crippen LogP contribution in [0, 0.1) is 0 Å². The molecule has 0 amide bonds. The van der Waals surface area contributed by atoms with E-state index in [1.54, 1.807) is 0 Å². The van der Waals surface area contributed by atoms with Crippen molar-refractivity contribution < 1.29 is 19.6 Å². The molecule has 0 saturated heterocycles. The van der Waals surface area contributed by atoms with Crippen LogP contribution >= 0.6 is 0 Å². The third-order valence-electron chi connectivity index (χ3n) is 6.07. The van der Waals surface area contributed by atoms with Crippen LogP contribution in [0.2, 0.25) is 0 Å². The van der Waals surface area contributed by atoms with E-state index in [0.717, 1.165) is 31.8 Å². The van der Waals surface area contributed by atoms with Crippen molar-refractivity contribution >= 4 is 11.8 Å². The summed E-state index contributed by atoms with van der Waals surface area (Å²) < 4.78 is 1.97. The summed E-state index contributed by atoms with van der Waals surface area (Å²) >= 11 is 0. The van der Waals surface area contributed by atoms with Crippen LogP contribution in [0.15, 0.2) is 0 Å². The number of unbranched alkanes of at least 4 members (excludes halogenated alkanes) is 14. The fourth-order valence-electron chi connectivity index (χ4n) is 4.37. The normalized spacial score (nSPS) is 14.2. The van der Waals surface area contributed by atoms with E-state index < -0.39 is 5.97 Å². The largest absolute Gasteiger partial charge is 0.478 e. The van der Waals surface area contributed by atoms with Crippen LogP contribution in [0.4, 0.5) is 0 Å². The second-order valence-electron chi connectivity index (χ2n) is 8.64. The Labute approximate surface area is 179 Å². The van der Waals surface area contributed by atoms with Gasteiger partial charge >= 0.3 is 5.97 Å².